The Morgan fingerprint density at radius 1 is 1.16 bits per heavy atom. The summed E-state index contributed by atoms with van der Waals surface area (Å²) in [7, 11) is 1.89. The predicted molar refractivity (Wildman–Crippen MR) is 98.6 cm³/mol. The number of benzene rings is 2. The van der Waals surface area contributed by atoms with Gasteiger partial charge in [0.2, 0.25) is 0 Å². The molecule has 0 N–H and O–H groups in total. The fraction of sp³-hybridized carbons (Fsp3) is 0.222. The van der Waals surface area contributed by atoms with Gasteiger partial charge in [-0.3, -0.25) is 0 Å². The van der Waals surface area contributed by atoms with Crippen LogP contribution in [0, 0.1) is 5.82 Å². The van der Waals surface area contributed by atoms with Gasteiger partial charge in [-0.05, 0) is 43.3 Å². The highest BCUT2D eigenvalue weighted by atomic mass is 35.5. The van der Waals surface area contributed by atoms with Crippen LogP contribution in [0.15, 0.2) is 47.6 Å². The summed E-state index contributed by atoms with van der Waals surface area (Å²) in [5.74, 6) is 1.64. The van der Waals surface area contributed by atoms with Crippen LogP contribution in [-0.2, 0) is 12.8 Å². The van der Waals surface area contributed by atoms with E-state index in [-0.39, 0.29) is 5.82 Å². The first kappa shape index (κ1) is 17.8. The third-order valence-electron chi connectivity index (χ3n) is 3.67. The summed E-state index contributed by atoms with van der Waals surface area (Å²) < 4.78 is 21.2. The maximum atomic E-state index is 13.9. The van der Waals surface area contributed by atoms with Crippen molar-refractivity contribution < 1.29 is 9.13 Å². The Kier molecular flexibility index (Phi) is 5.60. The first-order valence-corrected chi connectivity index (χ1v) is 9.14. The lowest BCUT2D eigenvalue weighted by Gasteiger charge is -2.07. The molecule has 0 aliphatic heterocycles. The highest BCUT2D eigenvalue weighted by Gasteiger charge is 2.14. The maximum absolute atomic E-state index is 13.9. The molecule has 0 bridgehead atoms. The number of aromatic nitrogens is 3. The van der Waals surface area contributed by atoms with Gasteiger partial charge in [-0.1, -0.05) is 29.4 Å². The molecule has 0 aliphatic rings. The second kappa shape index (κ2) is 7.89. The molecule has 0 fully saturated rings. The van der Waals surface area contributed by atoms with Gasteiger partial charge in [0.1, 0.15) is 11.6 Å². The van der Waals surface area contributed by atoms with Crippen LogP contribution in [-0.4, -0.2) is 21.4 Å². The standard InChI is InChI=1S/C18H17ClFN3OS/c1-3-24-13-9-7-12(8-10-13)17-21-22-18(23(17)2)25-11-14-15(19)5-4-6-16(14)20/h4-10H,3,11H2,1-2H3. The molecule has 1 aromatic heterocycles. The van der Waals surface area contributed by atoms with Gasteiger partial charge < -0.3 is 9.30 Å². The van der Waals surface area contributed by atoms with E-state index in [0.717, 1.165) is 17.1 Å². The quantitative estimate of drug-likeness (QED) is 0.569. The third-order valence-corrected chi connectivity index (χ3v) is 5.07. The van der Waals surface area contributed by atoms with E-state index < -0.39 is 0 Å². The van der Waals surface area contributed by atoms with Crippen molar-refractivity contribution in [3.8, 4) is 17.1 Å². The van der Waals surface area contributed by atoms with Crippen molar-refractivity contribution >= 4 is 23.4 Å². The van der Waals surface area contributed by atoms with Gasteiger partial charge in [0.05, 0.1) is 6.61 Å². The highest BCUT2D eigenvalue weighted by molar-refractivity contribution is 7.98. The van der Waals surface area contributed by atoms with E-state index in [1.165, 1.54) is 17.8 Å². The summed E-state index contributed by atoms with van der Waals surface area (Å²) in [6.07, 6.45) is 0. The summed E-state index contributed by atoms with van der Waals surface area (Å²) >= 11 is 7.46. The van der Waals surface area contributed by atoms with Gasteiger partial charge in [0.15, 0.2) is 11.0 Å². The number of rotatable bonds is 6. The number of halogens is 2. The summed E-state index contributed by atoms with van der Waals surface area (Å²) in [6, 6.07) is 12.4. The summed E-state index contributed by atoms with van der Waals surface area (Å²) in [5, 5.41) is 9.56. The van der Waals surface area contributed by atoms with Crippen LogP contribution in [0.2, 0.25) is 5.02 Å². The van der Waals surface area contributed by atoms with Crippen LogP contribution < -0.4 is 4.74 Å². The van der Waals surface area contributed by atoms with Crippen LogP contribution in [0.25, 0.3) is 11.4 Å². The van der Waals surface area contributed by atoms with Gasteiger partial charge in [0, 0.05) is 29.0 Å². The van der Waals surface area contributed by atoms with Crippen molar-refractivity contribution in [2.75, 3.05) is 6.61 Å². The van der Waals surface area contributed by atoms with Crippen LogP contribution in [0.4, 0.5) is 4.39 Å². The molecule has 3 rings (SSSR count). The molecular weight excluding hydrogens is 361 g/mol. The van der Waals surface area contributed by atoms with Crippen molar-refractivity contribution in [1.29, 1.82) is 0 Å². The molecule has 0 saturated heterocycles. The van der Waals surface area contributed by atoms with E-state index in [0.29, 0.717) is 28.1 Å². The van der Waals surface area contributed by atoms with Crippen molar-refractivity contribution in [1.82, 2.24) is 14.8 Å². The monoisotopic (exact) mass is 377 g/mol. The topological polar surface area (TPSA) is 39.9 Å². The molecule has 25 heavy (non-hydrogen) atoms. The van der Waals surface area contributed by atoms with E-state index in [4.69, 9.17) is 16.3 Å². The zero-order valence-corrected chi connectivity index (χ0v) is 15.4. The molecule has 130 valence electrons. The Morgan fingerprint density at radius 2 is 1.92 bits per heavy atom. The van der Waals surface area contributed by atoms with E-state index in [2.05, 4.69) is 10.2 Å². The van der Waals surface area contributed by atoms with Crippen molar-refractivity contribution in [2.24, 2.45) is 7.05 Å². The molecule has 2 aromatic carbocycles. The highest BCUT2D eigenvalue weighted by Crippen LogP contribution is 2.29. The van der Waals surface area contributed by atoms with Crippen LogP contribution >= 0.6 is 23.4 Å². The molecule has 7 heteroatoms. The molecule has 0 spiro atoms. The lowest BCUT2D eigenvalue weighted by atomic mass is 10.2. The Hall–Kier alpha value is -2.05. The fourth-order valence-electron chi connectivity index (χ4n) is 2.37. The predicted octanol–water partition coefficient (Wildman–Crippen LogP) is 4.97. The second-order valence-corrected chi connectivity index (χ2v) is 6.66. The van der Waals surface area contributed by atoms with Gasteiger partial charge in [-0.25, -0.2) is 4.39 Å². The maximum Gasteiger partial charge on any atom is 0.191 e. The molecule has 3 aromatic rings. The lowest BCUT2D eigenvalue weighted by Crippen LogP contribution is -1.96. The molecular formula is C18H17ClFN3OS. The SMILES string of the molecule is CCOc1ccc(-c2nnc(SCc3c(F)cccc3Cl)n2C)cc1. The number of ether oxygens (including phenoxy) is 1. The Balaban J connectivity index is 1.77. The first-order valence-electron chi connectivity index (χ1n) is 7.78. The second-order valence-electron chi connectivity index (χ2n) is 5.31. The van der Waals surface area contributed by atoms with Gasteiger partial charge in [-0.2, -0.15) is 0 Å². The Labute approximate surface area is 155 Å². The Morgan fingerprint density at radius 3 is 2.60 bits per heavy atom. The zero-order valence-electron chi connectivity index (χ0n) is 13.9. The number of hydrogen-bond donors (Lipinski definition) is 0. The third kappa shape index (κ3) is 3.96. The van der Waals surface area contributed by atoms with E-state index in [1.54, 1.807) is 12.1 Å². The average Bonchev–Trinajstić information content (AvgIpc) is 2.96. The number of thioether (sulfide) groups is 1. The fourth-order valence-corrected chi connectivity index (χ4v) is 3.62. The van der Waals surface area contributed by atoms with Crippen LogP contribution in [0.1, 0.15) is 12.5 Å². The lowest BCUT2D eigenvalue weighted by molar-refractivity contribution is 0.340. The van der Waals surface area contributed by atoms with E-state index in [9.17, 15) is 4.39 Å². The molecule has 0 atom stereocenters. The molecule has 0 amide bonds. The average molecular weight is 378 g/mol. The van der Waals surface area contributed by atoms with Crippen molar-refractivity contribution in [3.05, 3.63) is 58.9 Å². The number of nitrogens with zero attached hydrogens (tertiary/aromatic N) is 3. The van der Waals surface area contributed by atoms with Crippen molar-refractivity contribution in [2.45, 2.75) is 17.8 Å². The largest absolute Gasteiger partial charge is 0.494 e. The minimum absolute atomic E-state index is 0.311. The first-order chi connectivity index (χ1) is 12.1. The molecule has 1 heterocycles. The molecule has 0 aliphatic carbocycles. The van der Waals surface area contributed by atoms with Gasteiger partial charge in [0.25, 0.3) is 0 Å². The summed E-state index contributed by atoms with van der Waals surface area (Å²) in [4.78, 5) is 0. The smallest absolute Gasteiger partial charge is 0.191 e. The summed E-state index contributed by atoms with van der Waals surface area (Å²) in [5.41, 5.74) is 1.41. The summed E-state index contributed by atoms with van der Waals surface area (Å²) in [6.45, 7) is 2.57. The molecule has 0 saturated carbocycles. The molecule has 0 radical (unpaired) electrons. The number of hydrogen-bond acceptors (Lipinski definition) is 4. The van der Waals surface area contributed by atoms with Crippen LogP contribution in [0.5, 0.6) is 5.75 Å². The molecule has 4 nitrogen and oxygen atoms in total. The zero-order chi connectivity index (χ0) is 17.8. The minimum atomic E-state index is -0.311. The molecule has 0 unspecified atom stereocenters. The minimum Gasteiger partial charge on any atom is -0.494 e. The van der Waals surface area contributed by atoms with Crippen molar-refractivity contribution in [3.63, 3.8) is 0 Å². The van der Waals surface area contributed by atoms with Crippen LogP contribution in [0.3, 0.4) is 0 Å². The Bertz CT molecular complexity index is 847. The van der Waals surface area contributed by atoms with Gasteiger partial charge in [-0.15, -0.1) is 10.2 Å². The van der Waals surface area contributed by atoms with Gasteiger partial charge >= 0.3 is 0 Å². The van der Waals surface area contributed by atoms with E-state index in [1.807, 2.05) is 42.8 Å². The van der Waals surface area contributed by atoms with E-state index >= 15 is 0 Å². The normalized spacial score (nSPS) is 10.9.